The van der Waals surface area contributed by atoms with Gasteiger partial charge in [0.25, 0.3) is 6.29 Å². The van der Waals surface area contributed by atoms with E-state index in [1.54, 1.807) is 0 Å². The van der Waals surface area contributed by atoms with Gasteiger partial charge in [-0.3, -0.25) is 9.59 Å². The topological polar surface area (TPSA) is 108 Å². The van der Waals surface area contributed by atoms with E-state index in [2.05, 4.69) is 50.3 Å². The number of aliphatic carboxylic acids is 1. The summed E-state index contributed by atoms with van der Waals surface area (Å²) in [7, 11) is 5.95. The molecule has 9 heteroatoms. The molecular formula is C47H86NO8+. The molecule has 0 aliphatic heterocycles. The van der Waals surface area contributed by atoms with E-state index in [0.717, 1.165) is 57.8 Å². The van der Waals surface area contributed by atoms with Crippen molar-refractivity contribution in [3.63, 3.8) is 0 Å². The van der Waals surface area contributed by atoms with Crippen molar-refractivity contribution in [3.8, 4) is 0 Å². The number of carbonyl (C=O) groups excluding carboxylic acids is 2. The molecule has 56 heavy (non-hydrogen) atoms. The number of carbonyl (C=O) groups is 3. The van der Waals surface area contributed by atoms with E-state index in [0.29, 0.717) is 23.9 Å². The number of esters is 2. The number of likely N-dealkylation sites (N-methyl/N-ethyl adjacent to an activating group) is 1. The quantitative estimate of drug-likeness (QED) is 0.0214. The SMILES string of the molecule is CCCCC/C=C\C/C=C\C/C=C\CCCCCCCCC(=O)OC(COC(=O)CCCCCCCCCCCCCC)COC(OCC[N+](C)(C)C)C(=O)O. The molecule has 9 nitrogen and oxygen atoms in total. The molecule has 0 aliphatic rings. The second kappa shape index (κ2) is 39.3. The first kappa shape index (κ1) is 53.5. The van der Waals surface area contributed by atoms with Gasteiger partial charge in [0, 0.05) is 12.8 Å². The number of rotatable bonds is 41. The number of allylic oxidation sites excluding steroid dienone is 6. The maximum Gasteiger partial charge on any atom is 0.361 e. The van der Waals surface area contributed by atoms with Crippen molar-refractivity contribution in [1.29, 1.82) is 0 Å². The zero-order valence-electron chi connectivity index (χ0n) is 36.8. The van der Waals surface area contributed by atoms with E-state index in [4.69, 9.17) is 18.9 Å². The summed E-state index contributed by atoms with van der Waals surface area (Å²) in [5.41, 5.74) is 0. The molecule has 1 N–H and O–H groups in total. The molecule has 0 aliphatic carbocycles. The highest BCUT2D eigenvalue weighted by Gasteiger charge is 2.25. The largest absolute Gasteiger partial charge is 0.477 e. The van der Waals surface area contributed by atoms with Crippen molar-refractivity contribution in [3.05, 3.63) is 36.5 Å². The molecule has 0 amide bonds. The van der Waals surface area contributed by atoms with Gasteiger partial charge in [-0.15, -0.1) is 0 Å². The summed E-state index contributed by atoms with van der Waals surface area (Å²) >= 11 is 0. The Balaban J connectivity index is 4.44. The summed E-state index contributed by atoms with van der Waals surface area (Å²) < 4.78 is 22.7. The number of unbranched alkanes of at least 4 members (excludes halogenated alkanes) is 20. The number of carboxylic acids is 1. The second-order valence-electron chi connectivity index (χ2n) is 16.4. The first-order valence-electron chi connectivity index (χ1n) is 22.7. The summed E-state index contributed by atoms with van der Waals surface area (Å²) in [6.07, 6.45) is 40.5. The molecule has 2 unspecified atom stereocenters. The Bertz CT molecular complexity index is 1020. The Morgan fingerprint density at radius 1 is 0.536 bits per heavy atom. The fourth-order valence-electron chi connectivity index (χ4n) is 6.08. The van der Waals surface area contributed by atoms with Crippen molar-refractivity contribution in [1.82, 2.24) is 0 Å². The van der Waals surface area contributed by atoms with Gasteiger partial charge in [-0.05, 0) is 51.4 Å². The number of nitrogens with zero attached hydrogens (tertiary/aromatic N) is 1. The third kappa shape index (κ3) is 39.7. The maximum atomic E-state index is 12.8. The molecule has 0 aromatic rings. The molecule has 0 rings (SSSR count). The zero-order chi connectivity index (χ0) is 41.4. The minimum absolute atomic E-state index is 0.185. The Kier molecular flexibility index (Phi) is 37.6. The van der Waals surface area contributed by atoms with E-state index >= 15 is 0 Å². The fraction of sp³-hybridized carbons (Fsp3) is 0.809. The van der Waals surface area contributed by atoms with Crippen LogP contribution in [-0.4, -0.2) is 87.4 Å². The second-order valence-corrected chi connectivity index (χ2v) is 16.4. The van der Waals surface area contributed by atoms with Crippen LogP contribution in [0.5, 0.6) is 0 Å². The summed E-state index contributed by atoms with van der Waals surface area (Å²) in [5.74, 6) is -2.02. The van der Waals surface area contributed by atoms with Gasteiger partial charge in [0.15, 0.2) is 6.10 Å². The minimum Gasteiger partial charge on any atom is -0.477 e. The summed E-state index contributed by atoms with van der Waals surface area (Å²) in [4.78, 5) is 37.1. The lowest BCUT2D eigenvalue weighted by Crippen LogP contribution is -2.40. The normalized spacial score (nSPS) is 13.2. The number of ether oxygens (including phenoxy) is 4. The Morgan fingerprint density at radius 3 is 1.46 bits per heavy atom. The monoisotopic (exact) mass is 793 g/mol. The van der Waals surface area contributed by atoms with Gasteiger partial charge in [-0.2, -0.15) is 0 Å². The Hall–Kier alpha value is -2.49. The van der Waals surface area contributed by atoms with Gasteiger partial charge in [-0.1, -0.05) is 159 Å². The van der Waals surface area contributed by atoms with Crippen LogP contribution in [0.2, 0.25) is 0 Å². The number of quaternary nitrogens is 1. The van der Waals surface area contributed by atoms with Crippen molar-refractivity contribution in [2.75, 3.05) is 47.5 Å². The molecule has 0 spiro atoms. The molecular weight excluding hydrogens is 707 g/mol. The van der Waals surface area contributed by atoms with Crippen LogP contribution in [0, 0.1) is 0 Å². The molecule has 0 radical (unpaired) electrons. The van der Waals surface area contributed by atoms with Crippen LogP contribution in [0.4, 0.5) is 0 Å². The molecule has 0 heterocycles. The van der Waals surface area contributed by atoms with E-state index in [9.17, 15) is 19.5 Å². The maximum absolute atomic E-state index is 12.8. The summed E-state index contributed by atoms with van der Waals surface area (Å²) in [6.45, 7) is 4.82. The average Bonchev–Trinajstić information content (AvgIpc) is 3.15. The highest BCUT2D eigenvalue weighted by atomic mass is 16.7. The van der Waals surface area contributed by atoms with Crippen LogP contribution in [-0.2, 0) is 33.3 Å². The third-order valence-corrected chi connectivity index (χ3v) is 9.65. The van der Waals surface area contributed by atoms with Gasteiger partial charge >= 0.3 is 17.9 Å². The molecule has 0 aromatic carbocycles. The van der Waals surface area contributed by atoms with Crippen molar-refractivity contribution < 1.29 is 42.9 Å². The van der Waals surface area contributed by atoms with E-state index < -0.39 is 24.3 Å². The first-order valence-corrected chi connectivity index (χ1v) is 22.7. The van der Waals surface area contributed by atoms with Gasteiger partial charge in [0.2, 0.25) is 0 Å². The smallest absolute Gasteiger partial charge is 0.361 e. The van der Waals surface area contributed by atoms with E-state index in [1.165, 1.54) is 96.3 Å². The number of carboxylic acid groups (broad SMARTS) is 1. The van der Waals surface area contributed by atoms with Crippen molar-refractivity contribution in [2.45, 2.75) is 200 Å². The predicted octanol–water partition coefficient (Wildman–Crippen LogP) is 11.8. The minimum atomic E-state index is -1.51. The van der Waals surface area contributed by atoms with Crippen molar-refractivity contribution in [2.24, 2.45) is 0 Å². The highest BCUT2D eigenvalue weighted by Crippen LogP contribution is 2.14. The first-order chi connectivity index (χ1) is 27.1. The number of hydrogen-bond acceptors (Lipinski definition) is 7. The molecule has 0 saturated carbocycles. The Morgan fingerprint density at radius 2 is 0.964 bits per heavy atom. The van der Waals surface area contributed by atoms with Gasteiger partial charge in [0.1, 0.15) is 13.2 Å². The van der Waals surface area contributed by atoms with Crippen LogP contribution in [0.1, 0.15) is 187 Å². The number of hydrogen-bond donors (Lipinski definition) is 1. The fourth-order valence-corrected chi connectivity index (χ4v) is 6.08. The van der Waals surface area contributed by atoms with Crippen molar-refractivity contribution >= 4 is 17.9 Å². The van der Waals surface area contributed by atoms with E-state index in [1.807, 2.05) is 21.1 Å². The summed E-state index contributed by atoms with van der Waals surface area (Å²) in [6, 6.07) is 0. The standard InChI is InChI=1S/C47H85NO8/c1-6-8-10-12-14-16-18-20-21-22-23-24-25-26-28-30-32-34-36-38-45(50)56-43(42-55-47(46(51)52)53-40-39-48(3,4)5)41-54-44(49)37-35-33-31-29-27-19-17-15-13-11-9-7-2/h14,16,20-21,23-24,43,47H,6-13,15,17-19,22,25-42H2,1-5H3/p+1/b16-14-,21-20-,24-23-. The molecule has 0 saturated heterocycles. The molecule has 0 bridgehead atoms. The van der Waals surface area contributed by atoms with Crippen LogP contribution in [0.15, 0.2) is 36.5 Å². The Labute approximate surface area is 343 Å². The molecule has 0 fully saturated rings. The molecule has 0 aromatic heterocycles. The highest BCUT2D eigenvalue weighted by molar-refractivity contribution is 5.71. The van der Waals surface area contributed by atoms with Gasteiger partial charge in [0.05, 0.1) is 34.4 Å². The lowest BCUT2D eigenvalue weighted by Gasteiger charge is -2.25. The predicted molar refractivity (Wildman–Crippen MR) is 230 cm³/mol. The lowest BCUT2D eigenvalue weighted by molar-refractivity contribution is -0.870. The third-order valence-electron chi connectivity index (χ3n) is 9.65. The summed E-state index contributed by atoms with van der Waals surface area (Å²) in [5, 5.41) is 9.63. The van der Waals surface area contributed by atoms with Crippen LogP contribution >= 0.6 is 0 Å². The molecule has 326 valence electrons. The van der Waals surface area contributed by atoms with Gasteiger partial charge in [-0.25, -0.2) is 4.79 Å². The van der Waals surface area contributed by atoms with E-state index in [-0.39, 0.29) is 32.2 Å². The average molecular weight is 793 g/mol. The van der Waals surface area contributed by atoms with Crippen LogP contribution in [0.3, 0.4) is 0 Å². The molecule has 2 atom stereocenters. The zero-order valence-corrected chi connectivity index (χ0v) is 36.8. The van der Waals surface area contributed by atoms with Crippen LogP contribution < -0.4 is 0 Å². The lowest BCUT2D eigenvalue weighted by atomic mass is 10.0. The van der Waals surface area contributed by atoms with Crippen LogP contribution in [0.25, 0.3) is 0 Å². The van der Waals surface area contributed by atoms with Gasteiger partial charge < -0.3 is 28.5 Å².